The van der Waals surface area contributed by atoms with Crippen LogP contribution < -0.4 is 21.9 Å². The molecule has 0 fully saturated rings. The fourth-order valence-electron chi connectivity index (χ4n) is 1.68. The number of hydrogen-bond donors (Lipinski definition) is 4. The van der Waals surface area contributed by atoms with Crippen LogP contribution in [0, 0.1) is 10.1 Å². The fourth-order valence-corrected chi connectivity index (χ4v) is 1.68. The molecule has 0 aliphatic rings. The first kappa shape index (κ1) is 15.7. The van der Waals surface area contributed by atoms with Crippen molar-refractivity contribution in [2.75, 3.05) is 10.7 Å². The molecule has 0 spiro atoms. The molecule has 1 unspecified atom stereocenters. The molecule has 0 aliphatic heterocycles. The summed E-state index contributed by atoms with van der Waals surface area (Å²) in [6.45, 7) is 5.31. The summed E-state index contributed by atoms with van der Waals surface area (Å²) in [5.41, 5.74) is 2.49. The van der Waals surface area contributed by atoms with Gasteiger partial charge in [0.1, 0.15) is 17.4 Å². The summed E-state index contributed by atoms with van der Waals surface area (Å²) in [7, 11) is 0. The van der Waals surface area contributed by atoms with Crippen molar-refractivity contribution in [3.8, 4) is 0 Å². The number of anilines is 2. The smallest absolute Gasteiger partial charge is 0.316 e. The van der Waals surface area contributed by atoms with Crippen LogP contribution in [0.2, 0.25) is 0 Å². The maximum atomic E-state index is 11.8. The standard InChI is InChI=1S/C12H19N5O3/c1-7(2)14-12(18)8(3)15-9-5-4-6-10(16-13)11(9)17(19)20/h4-8,15-16H,13H2,1-3H3,(H,14,18). The Kier molecular flexibility index (Phi) is 5.27. The Labute approximate surface area is 116 Å². The number of nitrogens with two attached hydrogens (primary N) is 1. The van der Waals surface area contributed by atoms with Crippen molar-refractivity contribution >= 4 is 23.0 Å². The van der Waals surface area contributed by atoms with Crippen molar-refractivity contribution in [2.45, 2.75) is 32.9 Å². The monoisotopic (exact) mass is 281 g/mol. The number of nitro groups is 1. The van der Waals surface area contributed by atoms with Crippen molar-refractivity contribution in [1.29, 1.82) is 0 Å². The number of para-hydroxylation sites is 1. The van der Waals surface area contributed by atoms with Gasteiger partial charge in [-0.3, -0.25) is 20.8 Å². The molecular formula is C12H19N5O3. The molecule has 1 aromatic carbocycles. The van der Waals surface area contributed by atoms with Gasteiger partial charge in [-0.05, 0) is 32.9 Å². The van der Waals surface area contributed by atoms with Gasteiger partial charge in [0, 0.05) is 6.04 Å². The van der Waals surface area contributed by atoms with Crippen LogP contribution in [0.5, 0.6) is 0 Å². The first-order valence-corrected chi connectivity index (χ1v) is 6.17. The zero-order valence-corrected chi connectivity index (χ0v) is 11.6. The second-order valence-corrected chi connectivity index (χ2v) is 4.63. The average molecular weight is 281 g/mol. The Balaban J connectivity index is 2.97. The van der Waals surface area contributed by atoms with Crippen molar-refractivity contribution in [2.24, 2.45) is 5.84 Å². The Morgan fingerprint density at radius 1 is 1.30 bits per heavy atom. The van der Waals surface area contributed by atoms with Gasteiger partial charge in [0.15, 0.2) is 0 Å². The molecule has 1 amide bonds. The van der Waals surface area contributed by atoms with Crippen LogP contribution in [0.3, 0.4) is 0 Å². The Morgan fingerprint density at radius 2 is 1.90 bits per heavy atom. The normalized spacial score (nSPS) is 11.8. The third-order valence-electron chi connectivity index (χ3n) is 2.57. The number of nitrogens with zero attached hydrogens (tertiary/aromatic N) is 1. The lowest BCUT2D eigenvalue weighted by molar-refractivity contribution is -0.383. The third kappa shape index (κ3) is 3.82. The van der Waals surface area contributed by atoms with E-state index in [1.165, 1.54) is 12.1 Å². The minimum Gasteiger partial charge on any atom is -0.368 e. The third-order valence-corrected chi connectivity index (χ3v) is 2.57. The van der Waals surface area contributed by atoms with Gasteiger partial charge in [-0.25, -0.2) is 0 Å². The van der Waals surface area contributed by atoms with E-state index < -0.39 is 11.0 Å². The fraction of sp³-hybridized carbons (Fsp3) is 0.417. The maximum Gasteiger partial charge on any atom is 0.316 e. The number of nitrogens with one attached hydrogen (secondary N) is 3. The molecule has 8 nitrogen and oxygen atoms in total. The highest BCUT2D eigenvalue weighted by Gasteiger charge is 2.22. The number of rotatable bonds is 6. The molecule has 0 aromatic heterocycles. The molecule has 0 saturated carbocycles. The van der Waals surface area contributed by atoms with Gasteiger partial charge in [0.05, 0.1) is 4.92 Å². The molecule has 0 radical (unpaired) electrons. The Bertz CT molecular complexity index is 504. The summed E-state index contributed by atoms with van der Waals surface area (Å²) in [4.78, 5) is 22.4. The summed E-state index contributed by atoms with van der Waals surface area (Å²) in [5.74, 6) is 5.02. The second-order valence-electron chi connectivity index (χ2n) is 4.63. The van der Waals surface area contributed by atoms with E-state index in [1.54, 1.807) is 13.0 Å². The lowest BCUT2D eigenvalue weighted by atomic mass is 10.2. The zero-order valence-electron chi connectivity index (χ0n) is 11.6. The Hall–Kier alpha value is -2.35. The van der Waals surface area contributed by atoms with Gasteiger partial charge in [-0.1, -0.05) is 6.07 Å². The van der Waals surface area contributed by atoms with Gasteiger partial charge in [-0.15, -0.1) is 0 Å². The topological polar surface area (TPSA) is 122 Å². The number of amides is 1. The largest absolute Gasteiger partial charge is 0.368 e. The molecule has 5 N–H and O–H groups in total. The molecule has 1 atom stereocenters. The predicted molar refractivity (Wildman–Crippen MR) is 77.3 cm³/mol. The van der Waals surface area contributed by atoms with Gasteiger partial charge in [-0.2, -0.15) is 0 Å². The van der Waals surface area contributed by atoms with Crippen LogP contribution in [0.15, 0.2) is 18.2 Å². The highest BCUT2D eigenvalue weighted by Crippen LogP contribution is 2.32. The molecular weight excluding hydrogens is 262 g/mol. The quantitative estimate of drug-likeness (QED) is 0.353. The van der Waals surface area contributed by atoms with Crippen LogP contribution in [0.4, 0.5) is 17.1 Å². The number of carbonyl (C=O) groups excluding carboxylic acids is 1. The number of hydrogen-bond acceptors (Lipinski definition) is 6. The van der Waals surface area contributed by atoms with Crippen molar-refractivity contribution in [3.63, 3.8) is 0 Å². The molecule has 0 aliphatic carbocycles. The minimum absolute atomic E-state index is 0.00113. The number of nitrogen functional groups attached to an aromatic ring is 1. The van der Waals surface area contributed by atoms with Crippen LogP contribution in [-0.2, 0) is 4.79 Å². The summed E-state index contributed by atoms with van der Waals surface area (Å²) >= 11 is 0. The van der Waals surface area contributed by atoms with Crippen molar-refractivity contribution in [3.05, 3.63) is 28.3 Å². The van der Waals surface area contributed by atoms with Gasteiger partial charge in [0.25, 0.3) is 0 Å². The molecule has 1 rings (SSSR count). The van der Waals surface area contributed by atoms with E-state index in [4.69, 9.17) is 5.84 Å². The predicted octanol–water partition coefficient (Wildman–Crippen LogP) is 1.21. The maximum absolute atomic E-state index is 11.8. The molecule has 8 heteroatoms. The summed E-state index contributed by atoms with van der Waals surface area (Å²) in [6, 6.07) is 4.01. The number of carbonyl (C=O) groups is 1. The Morgan fingerprint density at radius 3 is 2.40 bits per heavy atom. The first-order valence-electron chi connectivity index (χ1n) is 6.17. The number of hydrazine groups is 1. The number of benzene rings is 1. The van der Waals surface area contributed by atoms with Crippen LogP contribution in [0.1, 0.15) is 20.8 Å². The molecule has 0 saturated heterocycles. The van der Waals surface area contributed by atoms with Gasteiger partial charge >= 0.3 is 5.69 Å². The van der Waals surface area contributed by atoms with E-state index >= 15 is 0 Å². The van der Waals surface area contributed by atoms with Crippen LogP contribution >= 0.6 is 0 Å². The van der Waals surface area contributed by atoms with E-state index in [0.29, 0.717) is 0 Å². The van der Waals surface area contributed by atoms with E-state index in [0.717, 1.165) is 0 Å². The number of nitro benzene ring substituents is 1. The zero-order chi connectivity index (χ0) is 15.3. The molecule has 0 heterocycles. The van der Waals surface area contributed by atoms with Gasteiger partial charge < -0.3 is 16.1 Å². The van der Waals surface area contributed by atoms with E-state index in [9.17, 15) is 14.9 Å². The minimum atomic E-state index is -0.607. The molecule has 1 aromatic rings. The van der Waals surface area contributed by atoms with Crippen molar-refractivity contribution < 1.29 is 9.72 Å². The highest BCUT2D eigenvalue weighted by molar-refractivity contribution is 5.86. The summed E-state index contributed by atoms with van der Waals surface area (Å²) in [5, 5.41) is 16.7. The van der Waals surface area contributed by atoms with Crippen molar-refractivity contribution in [1.82, 2.24) is 5.32 Å². The average Bonchev–Trinajstić information content (AvgIpc) is 2.37. The SMILES string of the molecule is CC(C)NC(=O)C(C)Nc1cccc(NN)c1[N+](=O)[O-]. The van der Waals surface area contributed by atoms with E-state index in [1.807, 2.05) is 13.8 Å². The van der Waals surface area contributed by atoms with Gasteiger partial charge in [0.2, 0.25) is 5.91 Å². The van der Waals surface area contributed by atoms with Crippen LogP contribution in [-0.4, -0.2) is 22.9 Å². The second kappa shape index (κ2) is 6.71. The van der Waals surface area contributed by atoms with E-state index in [2.05, 4.69) is 16.1 Å². The molecule has 0 bridgehead atoms. The van der Waals surface area contributed by atoms with E-state index in [-0.39, 0.29) is 29.0 Å². The van der Waals surface area contributed by atoms with Crippen LogP contribution in [0.25, 0.3) is 0 Å². The first-order chi connectivity index (χ1) is 9.36. The highest BCUT2D eigenvalue weighted by atomic mass is 16.6. The summed E-state index contributed by atoms with van der Waals surface area (Å²) < 4.78 is 0. The lowest BCUT2D eigenvalue weighted by Gasteiger charge is -2.17. The molecule has 110 valence electrons. The molecule has 20 heavy (non-hydrogen) atoms. The lowest BCUT2D eigenvalue weighted by Crippen LogP contribution is -2.41. The summed E-state index contributed by atoms with van der Waals surface area (Å²) in [6.07, 6.45) is 0.